The zero-order valence-electron chi connectivity index (χ0n) is 17.7. The van der Waals surface area contributed by atoms with Crippen LogP contribution < -0.4 is 16.4 Å². The Labute approximate surface area is 180 Å². The Bertz CT molecular complexity index is 684. The molecule has 1 fully saturated rings. The Balaban J connectivity index is 2.89. The summed E-state index contributed by atoms with van der Waals surface area (Å²) in [5.41, 5.74) is 5.57. The van der Waals surface area contributed by atoms with Crippen LogP contribution >= 0.6 is 0 Å². The number of hydrogen-bond acceptors (Lipinski definition) is 7. The molecular formula is C19H32N4O8. The lowest BCUT2D eigenvalue weighted by molar-refractivity contribution is -0.144. The molecule has 0 aliphatic carbocycles. The Kier molecular flexibility index (Phi) is 10.4. The topological polar surface area (TPSA) is 199 Å². The first-order valence-corrected chi connectivity index (χ1v) is 10.2. The molecule has 3 amide bonds. The van der Waals surface area contributed by atoms with Crippen LogP contribution in [0.25, 0.3) is 0 Å². The van der Waals surface area contributed by atoms with Crippen molar-refractivity contribution < 1.29 is 39.3 Å². The van der Waals surface area contributed by atoms with Gasteiger partial charge >= 0.3 is 11.9 Å². The second kappa shape index (κ2) is 12.2. The number of carboxylic acid groups (broad SMARTS) is 2. The van der Waals surface area contributed by atoms with Crippen molar-refractivity contribution in [2.24, 2.45) is 11.7 Å². The molecule has 4 unspecified atom stereocenters. The quantitative estimate of drug-likeness (QED) is 0.202. The summed E-state index contributed by atoms with van der Waals surface area (Å²) in [6.07, 6.45) is 0.381. The van der Waals surface area contributed by atoms with Crippen LogP contribution in [0, 0.1) is 5.92 Å². The first kappa shape index (κ1) is 26.3. The van der Waals surface area contributed by atoms with Gasteiger partial charge in [-0.3, -0.25) is 19.2 Å². The molecule has 1 aliphatic heterocycles. The number of carbonyl (C=O) groups excluding carboxylic acids is 3. The number of aliphatic carboxylic acids is 2. The number of nitrogens with one attached hydrogen (secondary N) is 2. The predicted octanol–water partition coefficient (Wildman–Crippen LogP) is -1.74. The number of likely N-dealkylation sites (tertiary alicyclic amines) is 1. The molecule has 1 heterocycles. The molecule has 12 heteroatoms. The fraction of sp³-hybridized carbons (Fsp3) is 0.737. The zero-order chi connectivity index (χ0) is 23.7. The molecule has 12 nitrogen and oxygen atoms in total. The van der Waals surface area contributed by atoms with E-state index in [0.717, 1.165) is 0 Å². The van der Waals surface area contributed by atoms with E-state index in [9.17, 15) is 29.1 Å². The maximum atomic E-state index is 12.8. The van der Waals surface area contributed by atoms with E-state index < -0.39 is 66.9 Å². The van der Waals surface area contributed by atoms with Gasteiger partial charge in [-0.15, -0.1) is 0 Å². The summed E-state index contributed by atoms with van der Waals surface area (Å²) in [5.74, 6) is -4.49. The van der Waals surface area contributed by atoms with Crippen molar-refractivity contribution in [1.82, 2.24) is 15.5 Å². The maximum absolute atomic E-state index is 12.8. The highest BCUT2D eigenvalue weighted by molar-refractivity contribution is 5.94. The van der Waals surface area contributed by atoms with Gasteiger partial charge in [0.1, 0.15) is 24.2 Å². The summed E-state index contributed by atoms with van der Waals surface area (Å²) < 4.78 is 0. The van der Waals surface area contributed by atoms with Crippen LogP contribution in [-0.2, 0) is 24.0 Å². The van der Waals surface area contributed by atoms with Crippen molar-refractivity contribution in [3.63, 3.8) is 0 Å². The second-order valence-corrected chi connectivity index (χ2v) is 8.00. The van der Waals surface area contributed by atoms with Gasteiger partial charge in [-0.25, -0.2) is 4.79 Å². The van der Waals surface area contributed by atoms with Gasteiger partial charge in [0.15, 0.2) is 0 Å². The largest absolute Gasteiger partial charge is 0.481 e. The molecule has 0 aromatic carbocycles. The minimum absolute atomic E-state index is 0.0255. The van der Waals surface area contributed by atoms with Gasteiger partial charge in [0.05, 0.1) is 6.61 Å². The van der Waals surface area contributed by atoms with Gasteiger partial charge in [-0.05, 0) is 31.6 Å². The van der Waals surface area contributed by atoms with Crippen LogP contribution in [0.1, 0.15) is 46.0 Å². The van der Waals surface area contributed by atoms with Crippen LogP contribution in [0.3, 0.4) is 0 Å². The number of hydrogen-bond donors (Lipinski definition) is 6. The molecule has 176 valence electrons. The summed E-state index contributed by atoms with van der Waals surface area (Å²) in [4.78, 5) is 61.2. The van der Waals surface area contributed by atoms with Crippen LogP contribution in [0.15, 0.2) is 0 Å². The smallest absolute Gasteiger partial charge is 0.326 e. The molecular weight excluding hydrogens is 412 g/mol. The third kappa shape index (κ3) is 8.13. The number of aliphatic hydroxyl groups is 1. The number of nitrogens with zero attached hydrogens (tertiary/aromatic N) is 1. The molecule has 0 aromatic heterocycles. The van der Waals surface area contributed by atoms with Gasteiger partial charge in [-0.2, -0.15) is 0 Å². The predicted molar refractivity (Wildman–Crippen MR) is 108 cm³/mol. The highest BCUT2D eigenvalue weighted by Gasteiger charge is 2.38. The Morgan fingerprint density at radius 3 is 2.26 bits per heavy atom. The highest BCUT2D eigenvalue weighted by Crippen LogP contribution is 2.19. The molecule has 1 aliphatic rings. The maximum Gasteiger partial charge on any atom is 0.326 e. The van der Waals surface area contributed by atoms with Gasteiger partial charge in [-0.1, -0.05) is 13.8 Å². The lowest BCUT2D eigenvalue weighted by Crippen LogP contribution is -2.57. The van der Waals surface area contributed by atoms with Crippen molar-refractivity contribution in [2.45, 2.75) is 70.1 Å². The van der Waals surface area contributed by atoms with Crippen molar-refractivity contribution in [3.8, 4) is 0 Å². The van der Waals surface area contributed by atoms with Gasteiger partial charge in [0, 0.05) is 13.0 Å². The number of nitrogens with two attached hydrogens (primary N) is 1. The molecule has 1 rings (SSSR count). The zero-order valence-corrected chi connectivity index (χ0v) is 17.7. The van der Waals surface area contributed by atoms with E-state index in [0.29, 0.717) is 19.4 Å². The Morgan fingerprint density at radius 1 is 1.10 bits per heavy atom. The standard InChI is InChI=1S/C19H32N4O8/c1-10(2)8-13(16(27)21-12(19(30)31)5-6-15(25)26)22-17(28)14-4-3-7-23(14)18(29)11(20)9-24/h10-14,24H,3-9,20H2,1-2H3,(H,21,27)(H,22,28)(H,25,26)(H,30,31). The third-order valence-electron chi connectivity index (χ3n) is 4.95. The Hall–Kier alpha value is -2.73. The molecule has 0 saturated carbocycles. The fourth-order valence-electron chi connectivity index (χ4n) is 3.36. The van der Waals surface area contributed by atoms with Crippen molar-refractivity contribution >= 4 is 29.7 Å². The minimum Gasteiger partial charge on any atom is -0.481 e. The molecule has 0 radical (unpaired) electrons. The molecule has 7 N–H and O–H groups in total. The lowest BCUT2D eigenvalue weighted by atomic mass is 10.0. The van der Waals surface area contributed by atoms with Gasteiger partial charge in [0.2, 0.25) is 17.7 Å². The van der Waals surface area contributed by atoms with Crippen LogP contribution in [0.5, 0.6) is 0 Å². The SMILES string of the molecule is CC(C)CC(NC(=O)C1CCCN1C(=O)C(N)CO)C(=O)NC(CCC(=O)O)C(=O)O. The second-order valence-electron chi connectivity index (χ2n) is 8.00. The van der Waals surface area contributed by atoms with E-state index in [4.69, 9.17) is 15.9 Å². The summed E-state index contributed by atoms with van der Waals surface area (Å²) in [6.45, 7) is 3.37. The molecule has 0 bridgehead atoms. The van der Waals surface area contributed by atoms with E-state index in [2.05, 4.69) is 10.6 Å². The van der Waals surface area contributed by atoms with Gasteiger partial charge in [0.25, 0.3) is 0 Å². The molecule has 31 heavy (non-hydrogen) atoms. The summed E-state index contributed by atoms with van der Waals surface area (Å²) in [6, 6.07) is -4.48. The monoisotopic (exact) mass is 444 g/mol. The number of aliphatic hydroxyl groups excluding tert-OH is 1. The van der Waals surface area contributed by atoms with Crippen LogP contribution in [-0.4, -0.2) is 87.2 Å². The van der Waals surface area contributed by atoms with Crippen molar-refractivity contribution in [3.05, 3.63) is 0 Å². The average molecular weight is 444 g/mol. The summed E-state index contributed by atoms with van der Waals surface area (Å²) in [7, 11) is 0. The molecule has 1 saturated heterocycles. The van der Waals surface area contributed by atoms with Crippen molar-refractivity contribution in [2.75, 3.05) is 13.2 Å². The minimum atomic E-state index is -1.41. The number of carboxylic acids is 2. The van der Waals surface area contributed by atoms with Gasteiger partial charge < -0.3 is 36.6 Å². The van der Waals surface area contributed by atoms with E-state index in [-0.39, 0.29) is 18.8 Å². The summed E-state index contributed by atoms with van der Waals surface area (Å²) in [5, 5.41) is 32.0. The number of carbonyl (C=O) groups is 5. The molecule has 0 aromatic rings. The first-order valence-electron chi connectivity index (χ1n) is 10.2. The number of rotatable bonds is 12. The lowest BCUT2D eigenvalue weighted by Gasteiger charge is -2.28. The normalized spacial score (nSPS) is 18.9. The average Bonchev–Trinajstić information content (AvgIpc) is 3.18. The molecule has 4 atom stereocenters. The first-order chi connectivity index (χ1) is 14.5. The van der Waals surface area contributed by atoms with E-state index >= 15 is 0 Å². The van der Waals surface area contributed by atoms with Crippen molar-refractivity contribution in [1.29, 1.82) is 0 Å². The fourth-order valence-corrected chi connectivity index (χ4v) is 3.36. The van der Waals surface area contributed by atoms with Crippen LogP contribution in [0.2, 0.25) is 0 Å². The molecule has 0 spiro atoms. The van der Waals surface area contributed by atoms with Crippen LogP contribution in [0.4, 0.5) is 0 Å². The Morgan fingerprint density at radius 2 is 1.74 bits per heavy atom. The summed E-state index contributed by atoms with van der Waals surface area (Å²) >= 11 is 0. The van der Waals surface area contributed by atoms with E-state index in [1.54, 1.807) is 0 Å². The third-order valence-corrected chi connectivity index (χ3v) is 4.95. The number of amides is 3. The van der Waals surface area contributed by atoms with E-state index in [1.165, 1.54) is 4.90 Å². The highest BCUT2D eigenvalue weighted by atomic mass is 16.4. The van der Waals surface area contributed by atoms with E-state index in [1.807, 2.05) is 13.8 Å².